The smallest absolute Gasteiger partial charge is 0.246 e. The van der Waals surface area contributed by atoms with E-state index in [1.807, 2.05) is 6.07 Å². The molecule has 0 aromatic carbocycles. The Kier molecular flexibility index (Phi) is 2.81. The standard InChI is InChI=1S/C8H10N4OS/c1-5-10-7(14-12-5)11-6(13)8(2,3)4-9/h1-3H3,(H,10,11,12,13). The van der Waals surface area contributed by atoms with Gasteiger partial charge in [-0.25, -0.2) is 4.98 Å². The number of rotatable bonds is 2. The third-order valence-electron chi connectivity index (χ3n) is 1.60. The zero-order valence-corrected chi connectivity index (χ0v) is 8.97. The molecule has 0 radical (unpaired) electrons. The summed E-state index contributed by atoms with van der Waals surface area (Å²) in [6.45, 7) is 4.84. The Labute approximate surface area is 85.9 Å². The van der Waals surface area contributed by atoms with Crippen molar-refractivity contribution in [3.8, 4) is 6.07 Å². The zero-order chi connectivity index (χ0) is 10.8. The van der Waals surface area contributed by atoms with E-state index in [0.29, 0.717) is 11.0 Å². The monoisotopic (exact) mass is 210 g/mol. The summed E-state index contributed by atoms with van der Waals surface area (Å²) < 4.78 is 3.91. The van der Waals surface area contributed by atoms with Crippen molar-refractivity contribution in [2.75, 3.05) is 5.32 Å². The van der Waals surface area contributed by atoms with Crippen molar-refractivity contribution in [3.05, 3.63) is 5.82 Å². The van der Waals surface area contributed by atoms with Crippen LogP contribution < -0.4 is 5.32 Å². The molecule has 0 atom stereocenters. The number of anilines is 1. The highest BCUT2D eigenvalue weighted by molar-refractivity contribution is 7.09. The van der Waals surface area contributed by atoms with E-state index in [1.165, 1.54) is 0 Å². The molecule has 1 heterocycles. The van der Waals surface area contributed by atoms with E-state index < -0.39 is 5.41 Å². The normalized spacial score (nSPS) is 10.7. The molecule has 14 heavy (non-hydrogen) atoms. The van der Waals surface area contributed by atoms with Gasteiger partial charge in [0.05, 0.1) is 6.07 Å². The first-order valence-corrected chi connectivity index (χ1v) is 4.76. The van der Waals surface area contributed by atoms with Gasteiger partial charge in [-0.2, -0.15) is 9.64 Å². The first-order valence-electron chi connectivity index (χ1n) is 3.99. The lowest BCUT2D eigenvalue weighted by Crippen LogP contribution is -2.29. The minimum atomic E-state index is -1.04. The Bertz CT molecular complexity index is 390. The van der Waals surface area contributed by atoms with Gasteiger partial charge >= 0.3 is 0 Å². The quantitative estimate of drug-likeness (QED) is 0.798. The van der Waals surface area contributed by atoms with Gasteiger partial charge in [0.2, 0.25) is 11.0 Å². The number of aryl methyl sites for hydroxylation is 1. The van der Waals surface area contributed by atoms with Crippen LogP contribution in [0.25, 0.3) is 0 Å². The molecule has 0 unspecified atom stereocenters. The molecule has 1 aromatic rings. The number of nitrogens with zero attached hydrogens (tertiary/aromatic N) is 3. The molecule has 74 valence electrons. The molecule has 1 rings (SSSR count). The molecule has 1 amide bonds. The van der Waals surface area contributed by atoms with Crippen molar-refractivity contribution in [2.45, 2.75) is 20.8 Å². The van der Waals surface area contributed by atoms with E-state index in [9.17, 15) is 4.79 Å². The number of hydrogen-bond acceptors (Lipinski definition) is 5. The maximum Gasteiger partial charge on any atom is 0.246 e. The Morgan fingerprint density at radius 3 is 2.71 bits per heavy atom. The molecule has 0 bridgehead atoms. The van der Waals surface area contributed by atoms with E-state index in [1.54, 1.807) is 20.8 Å². The Morgan fingerprint density at radius 2 is 2.29 bits per heavy atom. The largest absolute Gasteiger partial charge is 0.299 e. The highest BCUT2D eigenvalue weighted by Gasteiger charge is 2.27. The van der Waals surface area contributed by atoms with Gasteiger partial charge in [-0.3, -0.25) is 10.1 Å². The number of hydrogen-bond donors (Lipinski definition) is 1. The predicted molar refractivity (Wildman–Crippen MR) is 52.7 cm³/mol. The van der Waals surface area contributed by atoms with Crippen LogP contribution in [0.1, 0.15) is 19.7 Å². The van der Waals surface area contributed by atoms with Gasteiger partial charge in [-0.05, 0) is 20.8 Å². The lowest BCUT2D eigenvalue weighted by Gasteiger charge is -2.12. The van der Waals surface area contributed by atoms with Crippen molar-refractivity contribution in [1.82, 2.24) is 9.36 Å². The zero-order valence-electron chi connectivity index (χ0n) is 8.16. The summed E-state index contributed by atoms with van der Waals surface area (Å²) in [6.07, 6.45) is 0. The number of aromatic nitrogens is 2. The minimum absolute atomic E-state index is 0.365. The Morgan fingerprint density at radius 1 is 1.64 bits per heavy atom. The van der Waals surface area contributed by atoms with Gasteiger partial charge < -0.3 is 0 Å². The van der Waals surface area contributed by atoms with Gasteiger partial charge in [-0.1, -0.05) is 0 Å². The summed E-state index contributed by atoms with van der Waals surface area (Å²) >= 11 is 1.10. The lowest BCUT2D eigenvalue weighted by atomic mass is 9.95. The molecule has 0 spiro atoms. The summed E-state index contributed by atoms with van der Waals surface area (Å²) in [6, 6.07) is 1.91. The number of carbonyl (C=O) groups excluding carboxylic acids is 1. The molecule has 0 aliphatic heterocycles. The fraction of sp³-hybridized carbons (Fsp3) is 0.500. The summed E-state index contributed by atoms with van der Waals surface area (Å²) in [5, 5.41) is 11.7. The van der Waals surface area contributed by atoms with Crippen LogP contribution in [-0.4, -0.2) is 15.3 Å². The van der Waals surface area contributed by atoms with E-state index in [0.717, 1.165) is 11.5 Å². The highest BCUT2D eigenvalue weighted by atomic mass is 32.1. The van der Waals surface area contributed by atoms with Gasteiger partial charge in [0.15, 0.2) is 0 Å². The fourth-order valence-corrected chi connectivity index (χ4v) is 1.22. The van der Waals surface area contributed by atoms with Crippen LogP contribution in [0.3, 0.4) is 0 Å². The lowest BCUT2D eigenvalue weighted by molar-refractivity contribution is -0.121. The van der Waals surface area contributed by atoms with Crippen LogP contribution in [0.2, 0.25) is 0 Å². The summed E-state index contributed by atoms with van der Waals surface area (Å²) in [5.41, 5.74) is -1.04. The van der Waals surface area contributed by atoms with Crippen molar-refractivity contribution >= 4 is 22.6 Å². The van der Waals surface area contributed by atoms with Crippen molar-refractivity contribution < 1.29 is 4.79 Å². The molecule has 1 N–H and O–H groups in total. The van der Waals surface area contributed by atoms with E-state index in [4.69, 9.17) is 5.26 Å². The number of amides is 1. The molecule has 0 saturated carbocycles. The second-order valence-corrected chi connectivity index (χ2v) is 4.09. The maximum absolute atomic E-state index is 11.5. The Hall–Kier alpha value is -1.48. The van der Waals surface area contributed by atoms with Crippen LogP contribution >= 0.6 is 11.5 Å². The topological polar surface area (TPSA) is 78.7 Å². The van der Waals surface area contributed by atoms with Gasteiger partial charge in [0, 0.05) is 11.5 Å². The van der Waals surface area contributed by atoms with Gasteiger partial charge in [0.1, 0.15) is 11.2 Å². The molecule has 6 heteroatoms. The second kappa shape index (κ2) is 3.72. The van der Waals surface area contributed by atoms with Crippen LogP contribution in [0.15, 0.2) is 0 Å². The molecule has 5 nitrogen and oxygen atoms in total. The van der Waals surface area contributed by atoms with Crippen molar-refractivity contribution in [1.29, 1.82) is 5.26 Å². The third kappa shape index (κ3) is 2.26. The first-order chi connectivity index (χ1) is 6.45. The molecule has 0 fully saturated rings. The average Bonchev–Trinajstić information content (AvgIpc) is 2.51. The van der Waals surface area contributed by atoms with Gasteiger partial charge in [0.25, 0.3) is 0 Å². The Balaban J connectivity index is 2.72. The predicted octanol–water partition coefficient (Wildman–Crippen LogP) is 1.33. The summed E-state index contributed by atoms with van der Waals surface area (Å²) in [7, 11) is 0. The molecule has 0 aliphatic rings. The first kappa shape index (κ1) is 10.6. The summed E-state index contributed by atoms with van der Waals surface area (Å²) in [4.78, 5) is 15.4. The molecular formula is C8H10N4OS. The highest BCUT2D eigenvalue weighted by Crippen LogP contribution is 2.18. The van der Waals surface area contributed by atoms with E-state index >= 15 is 0 Å². The number of carbonyl (C=O) groups is 1. The van der Waals surface area contributed by atoms with Crippen LogP contribution in [0.5, 0.6) is 0 Å². The third-order valence-corrected chi connectivity index (χ3v) is 2.32. The fourth-order valence-electron chi connectivity index (χ4n) is 0.652. The van der Waals surface area contributed by atoms with Crippen LogP contribution in [0, 0.1) is 23.7 Å². The van der Waals surface area contributed by atoms with E-state index in [-0.39, 0.29) is 5.91 Å². The molecular weight excluding hydrogens is 200 g/mol. The molecule has 1 aromatic heterocycles. The number of nitrogens with one attached hydrogen (secondary N) is 1. The second-order valence-electron chi connectivity index (χ2n) is 3.34. The van der Waals surface area contributed by atoms with Crippen LogP contribution in [0.4, 0.5) is 5.13 Å². The van der Waals surface area contributed by atoms with Gasteiger partial charge in [-0.15, -0.1) is 0 Å². The molecule has 0 aliphatic carbocycles. The SMILES string of the molecule is Cc1nsc(NC(=O)C(C)(C)C#N)n1. The van der Waals surface area contributed by atoms with Crippen molar-refractivity contribution in [3.63, 3.8) is 0 Å². The number of nitriles is 1. The minimum Gasteiger partial charge on any atom is -0.299 e. The summed E-state index contributed by atoms with van der Waals surface area (Å²) in [5.74, 6) is 0.246. The maximum atomic E-state index is 11.5. The molecule has 0 saturated heterocycles. The van der Waals surface area contributed by atoms with E-state index in [2.05, 4.69) is 14.7 Å². The average molecular weight is 210 g/mol. The van der Waals surface area contributed by atoms with Crippen molar-refractivity contribution in [2.24, 2.45) is 5.41 Å². The van der Waals surface area contributed by atoms with Crippen LogP contribution in [-0.2, 0) is 4.79 Å².